The van der Waals surface area contributed by atoms with E-state index in [-0.39, 0.29) is 6.10 Å². The third-order valence-corrected chi connectivity index (χ3v) is 5.03. The summed E-state index contributed by atoms with van der Waals surface area (Å²) in [5.74, 6) is 0.311. The molecule has 4 rings (SSSR count). The Morgan fingerprint density at radius 3 is 2.88 bits per heavy atom. The molecule has 0 spiro atoms. The van der Waals surface area contributed by atoms with Crippen LogP contribution in [0, 0.1) is 4.51 Å². The number of carbonyl (C=O) groups is 1. The van der Waals surface area contributed by atoms with Crippen LogP contribution in [-0.2, 0) is 11.3 Å². The Kier molecular flexibility index (Phi) is 3.99. The highest BCUT2D eigenvalue weighted by Crippen LogP contribution is 2.32. The van der Waals surface area contributed by atoms with Gasteiger partial charge in [0.15, 0.2) is 0 Å². The number of morpholine rings is 1. The van der Waals surface area contributed by atoms with Crippen molar-refractivity contribution in [2.24, 2.45) is 5.73 Å². The number of nitrogens with two attached hydrogens (primary N) is 1. The molecule has 1 fully saturated rings. The second kappa shape index (κ2) is 6.16. The topological polar surface area (TPSA) is 69.7 Å². The molecule has 1 saturated heterocycles. The van der Waals surface area contributed by atoms with Crippen molar-refractivity contribution in [1.82, 2.24) is 9.47 Å². The van der Waals surface area contributed by atoms with Gasteiger partial charge in [0.1, 0.15) is 11.9 Å². The lowest BCUT2D eigenvalue weighted by molar-refractivity contribution is 0.0154. The summed E-state index contributed by atoms with van der Waals surface area (Å²) in [7, 11) is 0. The minimum Gasteiger partial charge on any atom is -0.485 e. The van der Waals surface area contributed by atoms with Crippen molar-refractivity contribution in [3.8, 4) is 5.75 Å². The van der Waals surface area contributed by atoms with Gasteiger partial charge in [-0.05, 0) is 6.07 Å². The first-order valence-electron chi connectivity index (χ1n) is 8.06. The van der Waals surface area contributed by atoms with Crippen LogP contribution in [-0.4, -0.2) is 54.3 Å². The predicted molar refractivity (Wildman–Crippen MR) is 93.0 cm³/mol. The van der Waals surface area contributed by atoms with Crippen LogP contribution in [0.25, 0.3) is 10.9 Å². The fourth-order valence-corrected chi connectivity index (χ4v) is 3.76. The molecule has 1 atom stereocenters. The number of pyridine rings is 1. The van der Waals surface area contributed by atoms with Gasteiger partial charge in [-0.15, -0.1) is 0 Å². The molecule has 6 nitrogen and oxygen atoms in total. The average molecular weight is 345 g/mol. The van der Waals surface area contributed by atoms with E-state index in [2.05, 4.69) is 9.47 Å². The molecule has 126 valence electrons. The molecule has 0 radical (unpaired) electrons. The number of primary amides is 1. The maximum atomic E-state index is 11.7. The van der Waals surface area contributed by atoms with Gasteiger partial charge in [-0.1, -0.05) is 24.4 Å². The van der Waals surface area contributed by atoms with E-state index in [9.17, 15) is 4.79 Å². The molecule has 2 aliphatic rings. The zero-order valence-electron chi connectivity index (χ0n) is 13.2. The Labute approximate surface area is 144 Å². The van der Waals surface area contributed by atoms with Crippen LogP contribution in [0.2, 0.25) is 0 Å². The Morgan fingerprint density at radius 1 is 1.33 bits per heavy atom. The van der Waals surface area contributed by atoms with Crippen molar-refractivity contribution < 1.29 is 14.3 Å². The zero-order valence-corrected chi connectivity index (χ0v) is 14.1. The van der Waals surface area contributed by atoms with E-state index in [4.69, 9.17) is 27.4 Å². The fourth-order valence-electron chi connectivity index (χ4n) is 3.44. The van der Waals surface area contributed by atoms with Crippen LogP contribution < -0.4 is 10.5 Å². The number of ether oxygens (including phenoxy) is 2. The van der Waals surface area contributed by atoms with Crippen LogP contribution in [0.3, 0.4) is 0 Å². The van der Waals surface area contributed by atoms with Gasteiger partial charge in [0.05, 0.1) is 35.3 Å². The highest BCUT2D eigenvalue weighted by Gasteiger charge is 2.25. The van der Waals surface area contributed by atoms with Crippen molar-refractivity contribution in [3.63, 3.8) is 0 Å². The molecule has 1 amide bonds. The quantitative estimate of drug-likeness (QED) is 0.855. The molecule has 24 heavy (non-hydrogen) atoms. The zero-order chi connectivity index (χ0) is 16.7. The first kappa shape index (κ1) is 15.6. The van der Waals surface area contributed by atoms with Crippen molar-refractivity contribution in [1.29, 1.82) is 0 Å². The SMILES string of the molecule is NC(=O)c1cn2c3c(cccc3c1=S)OC(CN1CCOCC1)C2. The molecule has 1 aromatic carbocycles. The normalized spacial score (nSPS) is 20.8. The van der Waals surface area contributed by atoms with Crippen LogP contribution in [0.4, 0.5) is 0 Å². The van der Waals surface area contributed by atoms with Crippen molar-refractivity contribution >= 4 is 29.0 Å². The minimum atomic E-state index is -0.493. The van der Waals surface area contributed by atoms with E-state index < -0.39 is 5.91 Å². The number of hydrogen-bond donors (Lipinski definition) is 1. The molecule has 0 saturated carbocycles. The Hall–Kier alpha value is -1.96. The lowest BCUT2D eigenvalue weighted by Gasteiger charge is -2.34. The molecule has 0 bridgehead atoms. The number of para-hydroxylation sites is 1. The highest BCUT2D eigenvalue weighted by atomic mass is 32.1. The molecule has 2 aliphatic heterocycles. The molecular weight excluding hydrogens is 326 g/mol. The van der Waals surface area contributed by atoms with E-state index in [0.717, 1.165) is 49.5 Å². The number of benzene rings is 1. The third kappa shape index (κ3) is 2.68. The summed E-state index contributed by atoms with van der Waals surface area (Å²) in [6.07, 6.45) is 1.79. The first-order valence-corrected chi connectivity index (χ1v) is 8.47. The predicted octanol–water partition coefficient (Wildman–Crippen LogP) is 1.56. The fraction of sp³-hybridized carbons (Fsp3) is 0.412. The summed E-state index contributed by atoms with van der Waals surface area (Å²) in [5, 5.41) is 0.837. The minimum absolute atomic E-state index is 0.0166. The summed E-state index contributed by atoms with van der Waals surface area (Å²) in [6, 6.07) is 5.76. The Bertz CT molecular complexity index is 858. The Balaban J connectivity index is 1.72. The molecule has 3 heterocycles. The number of carbonyl (C=O) groups excluding carboxylic acids is 1. The van der Waals surface area contributed by atoms with Gasteiger partial charge in [-0.2, -0.15) is 0 Å². The number of amides is 1. The van der Waals surface area contributed by atoms with Crippen LogP contribution in [0.5, 0.6) is 5.75 Å². The van der Waals surface area contributed by atoms with Gasteiger partial charge in [0.2, 0.25) is 0 Å². The monoisotopic (exact) mass is 345 g/mol. The molecule has 2 N–H and O–H groups in total. The maximum Gasteiger partial charge on any atom is 0.251 e. The second-order valence-corrected chi connectivity index (χ2v) is 6.60. The summed E-state index contributed by atoms with van der Waals surface area (Å²) in [4.78, 5) is 14.1. The molecule has 0 aliphatic carbocycles. The summed E-state index contributed by atoms with van der Waals surface area (Å²) in [6.45, 7) is 4.85. The number of rotatable bonds is 3. The van der Waals surface area contributed by atoms with E-state index in [1.807, 2.05) is 18.2 Å². The lowest BCUT2D eigenvalue weighted by Crippen LogP contribution is -2.45. The van der Waals surface area contributed by atoms with E-state index in [0.29, 0.717) is 16.6 Å². The number of aromatic nitrogens is 1. The van der Waals surface area contributed by atoms with E-state index in [1.54, 1.807) is 6.20 Å². The van der Waals surface area contributed by atoms with Crippen molar-refractivity contribution in [3.05, 3.63) is 34.5 Å². The molecule has 1 aromatic heterocycles. The van der Waals surface area contributed by atoms with Crippen molar-refractivity contribution in [2.45, 2.75) is 12.6 Å². The van der Waals surface area contributed by atoms with Crippen molar-refractivity contribution in [2.75, 3.05) is 32.8 Å². The van der Waals surface area contributed by atoms with Gasteiger partial charge in [-0.3, -0.25) is 9.69 Å². The molecule has 1 unspecified atom stereocenters. The second-order valence-electron chi connectivity index (χ2n) is 6.19. The van der Waals surface area contributed by atoms with Crippen LogP contribution in [0.15, 0.2) is 24.4 Å². The smallest absolute Gasteiger partial charge is 0.251 e. The van der Waals surface area contributed by atoms with Gasteiger partial charge in [-0.25, -0.2) is 0 Å². The molecule has 2 aromatic rings. The van der Waals surface area contributed by atoms with Gasteiger partial charge in [0, 0.05) is 31.2 Å². The molecule has 7 heteroatoms. The number of nitrogens with zero attached hydrogens (tertiary/aromatic N) is 2. The largest absolute Gasteiger partial charge is 0.485 e. The van der Waals surface area contributed by atoms with Gasteiger partial charge in [0.25, 0.3) is 5.91 Å². The average Bonchev–Trinajstić information content (AvgIpc) is 2.58. The summed E-state index contributed by atoms with van der Waals surface area (Å²) in [5.41, 5.74) is 6.82. The maximum absolute atomic E-state index is 11.7. The van der Waals surface area contributed by atoms with E-state index >= 15 is 0 Å². The highest BCUT2D eigenvalue weighted by molar-refractivity contribution is 7.71. The van der Waals surface area contributed by atoms with Crippen LogP contribution >= 0.6 is 12.2 Å². The third-order valence-electron chi connectivity index (χ3n) is 4.59. The van der Waals surface area contributed by atoms with E-state index in [1.165, 1.54) is 0 Å². The summed E-state index contributed by atoms with van der Waals surface area (Å²) < 4.78 is 14.1. The Morgan fingerprint density at radius 2 is 2.12 bits per heavy atom. The number of hydrogen-bond acceptors (Lipinski definition) is 5. The van der Waals surface area contributed by atoms with Crippen LogP contribution in [0.1, 0.15) is 10.4 Å². The molecular formula is C17H19N3O3S. The lowest BCUT2D eigenvalue weighted by atomic mass is 10.1. The first-order chi connectivity index (χ1) is 11.6. The summed E-state index contributed by atoms with van der Waals surface area (Å²) >= 11 is 5.43. The van der Waals surface area contributed by atoms with Gasteiger partial charge >= 0.3 is 0 Å². The standard InChI is InChI=1S/C17H19N3O3S/c18-17(21)13-10-20-9-11(8-19-4-6-22-7-5-19)23-14-3-1-2-12(15(14)20)16(13)24/h1-3,10-11H,4-9H2,(H2,18,21). The van der Waals surface area contributed by atoms with Gasteiger partial charge < -0.3 is 19.8 Å².